The van der Waals surface area contributed by atoms with E-state index in [1.165, 1.54) is 13.0 Å². The summed E-state index contributed by atoms with van der Waals surface area (Å²) in [5.41, 5.74) is 1.92. The Morgan fingerprint density at radius 1 is 1.04 bits per heavy atom. The second-order valence-corrected chi connectivity index (χ2v) is 6.76. The van der Waals surface area contributed by atoms with Gasteiger partial charge >= 0.3 is 0 Å². The van der Waals surface area contributed by atoms with Crippen molar-refractivity contribution in [3.8, 4) is 0 Å². The molecule has 0 aliphatic carbocycles. The number of hydrogen-bond acceptors (Lipinski definition) is 5. The number of para-hydroxylation sites is 2. The fourth-order valence-corrected chi connectivity index (χ4v) is 3.39. The van der Waals surface area contributed by atoms with Crippen LogP contribution >= 0.6 is 0 Å². The van der Waals surface area contributed by atoms with Gasteiger partial charge in [0.25, 0.3) is 5.69 Å². The van der Waals surface area contributed by atoms with Crippen molar-refractivity contribution < 1.29 is 14.5 Å². The van der Waals surface area contributed by atoms with Crippen molar-refractivity contribution in [2.75, 3.05) is 28.6 Å². The maximum Gasteiger partial charge on any atom is 0.292 e. The lowest BCUT2D eigenvalue weighted by atomic mass is 9.95. The number of hydrogen-bond donors (Lipinski definition) is 2. The standard InChI is InChI=1S/C20H22N4O4/c1-14(25)21-16-5-4-6-17(13-16)22-20(26)15-9-11-23(12-10-15)18-7-2-3-8-19(18)24(27)28/h2-8,13,15H,9-12H2,1H3,(H,21,25)(H,22,26). The summed E-state index contributed by atoms with van der Waals surface area (Å²) in [5.74, 6) is -0.420. The molecule has 3 rings (SSSR count). The quantitative estimate of drug-likeness (QED) is 0.609. The summed E-state index contributed by atoms with van der Waals surface area (Å²) in [7, 11) is 0. The van der Waals surface area contributed by atoms with Crippen molar-refractivity contribution >= 4 is 34.6 Å². The number of rotatable bonds is 5. The molecule has 2 aromatic carbocycles. The third kappa shape index (κ3) is 4.64. The minimum absolute atomic E-state index is 0.0813. The second-order valence-electron chi connectivity index (χ2n) is 6.76. The molecule has 0 atom stereocenters. The summed E-state index contributed by atoms with van der Waals surface area (Å²) in [4.78, 5) is 36.6. The van der Waals surface area contributed by atoms with Gasteiger partial charge < -0.3 is 15.5 Å². The van der Waals surface area contributed by atoms with Gasteiger partial charge in [0.05, 0.1) is 4.92 Å². The van der Waals surface area contributed by atoms with E-state index in [9.17, 15) is 19.7 Å². The fourth-order valence-electron chi connectivity index (χ4n) is 3.39. The van der Waals surface area contributed by atoms with Gasteiger partial charge in [0.1, 0.15) is 5.69 Å². The van der Waals surface area contributed by atoms with Crippen molar-refractivity contribution in [1.29, 1.82) is 0 Å². The molecule has 2 N–H and O–H groups in total. The van der Waals surface area contributed by atoms with Gasteiger partial charge in [-0.05, 0) is 37.1 Å². The van der Waals surface area contributed by atoms with Gasteiger partial charge in [-0.1, -0.05) is 18.2 Å². The number of benzene rings is 2. The van der Waals surface area contributed by atoms with E-state index in [1.54, 1.807) is 42.5 Å². The van der Waals surface area contributed by atoms with Gasteiger partial charge in [0.2, 0.25) is 11.8 Å². The first kappa shape index (κ1) is 19.3. The van der Waals surface area contributed by atoms with E-state index in [2.05, 4.69) is 10.6 Å². The number of piperidine rings is 1. The number of nitro benzene ring substituents is 1. The monoisotopic (exact) mass is 382 g/mol. The molecule has 28 heavy (non-hydrogen) atoms. The minimum Gasteiger partial charge on any atom is -0.366 e. The van der Waals surface area contributed by atoms with E-state index in [1.807, 2.05) is 4.90 Å². The molecule has 0 bridgehead atoms. The average Bonchev–Trinajstić information content (AvgIpc) is 2.68. The molecule has 1 aliphatic rings. The lowest BCUT2D eigenvalue weighted by Gasteiger charge is -2.32. The highest BCUT2D eigenvalue weighted by Crippen LogP contribution is 2.31. The normalized spacial score (nSPS) is 14.4. The Labute approximate surface area is 162 Å². The van der Waals surface area contributed by atoms with E-state index in [4.69, 9.17) is 0 Å². The molecule has 2 amide bonds. The molecule has 0 unspecified atom stereocenters. The first-order chi connectivity index (χ1) is 13.4. The predicted octanol–water partition coefficient (Wildman–Crippen LogP) is 3.41. The van der Waals surface area contributed by atoms with Crippen LogP contribution in [0.3, 0.4) is 0 Å². The van der Waals surface area contributed by atoms with Crippen LogP contribution in [0, 0.1) is 16.0 Å². The third-order valence-electron chi connectivity index (χ3n) is 4.74. The van der Waals surface area contributed by atoms with Crippen LogP contribution in [-0.2, 0) is 9.59 Å². The maximum atomic E-state index is 12.6. The minimum atomic E-state index is -0.379. The smallest absolute Gasteiger partial charge is 0.292 e. The van der Waals surface area contributed by atoms with Crippen molar-refractivity contribution in [3.05, 3.63) is 58.6 Å². The number of nitrogens with zero attached hydrogens (tertiary/aromatic N) is 2. The van der Waals surface area contributed by atoms with Crippen molar-refractivity contribution in [2.24, 2.45) is 5.92 Å². The molecule has 8 heteroatoms. The molecule has 1 heterocycles. The van der Waals surface area contributed by atoms with Gasteiger partial charge in [-0.2, -0.15) is 0 Å². The van der Waals surface area contributed by atoms with E-state index >= 15 is 0 Å². The Morgan fingerprint density at radius 3 is 2.32 bits per heavy atom. The molecule has 1 aliphatic heterocycles. The maximum absolute atomic E-state index is 12.6. The molecular formula is C20H22N4O4. The Bertz CT molecular complexity index is 891. The Kier molecular flexibility index (Phi) is 5.88. The molecular weight excluding hydrogens is 360 g/mol. The Morgan fingerprint density at radius 2 is 1.68 bits per heavy atom. The topological polar surface area (TPSA) is 105 Å². The Balaban J connectivity index is 1.60. The van der Waals surface area contributed by atoms with E-state index in [0.29, 0.717) is 43.0 Å². The molecule has 0 spiro atoms. The van der Waals surface area contributed by atoms with E-state index in [0.717, 1.165) is 0 Å². The van der Waals surface area contributed by atoms with E-state index < -0.39 is 0 Å². The van der Waals surface area contributed by atoms with Crippen LogP contribution in [0.4, 0.5) is 22.7 Å². The predicted molar refractivity (Wildman–Crippen MR) is 107 cm³/mol. The summed E-state index contributed by atoms with van der Waals surface area (Å²) in [6.07, 6.45) is 1.23. The fraction of sp³-hybridized carbons (Fsp3) is 0.300. The highest BCUT2D eigenvalue weighted by molar-refractivity contribution is 5.94. The largest absolute Gasteiger partial charge is 0.366 e. The molecule has 0 radical (unpaired) electrons. The molecule has 2 aromatic rings. The van der Waals surface area contributed by atoms with Gasteiger partial charge in [-0.25, -0.2) is 0 Å². The van der Waals surface area contributed by atoms with Gasteiger partial charge in [-0.3, -0.25) is 19.7 Å². The summed E-state index contributed by atoms with van der Waals surface area (Å²) in [5, 5.41) is 16.8. The first-order valence-electron chi connectivity index (χ1n) is 9.11. The van der Waals surface area contributed by atoms with Crippen LogP contribution in [0.5, 0.6) is 0 Å². The number of carbonyl (C=O) groups is 2. The number of carbonyl (C=O) groups excluding carboxylic acids is 2. The highest BCUT2D eigenvalue weighted by Gasteiger charge is 2.28. The van der Waals surface area contributed by atoms with Crippen LogP contribution in [-0.4, -0.2) is 29.8 Å². The zero-order valence-electron chi connectivity index (χ0n) is 15.6. The van der Waals surface area contributed by atoms with Crippen LogP contribution in [0.15, 0.2) is 48.5 Å². The summed E-state index contributed by atoms with van der Waals surface area (Å²) in [6.45, 7) is 2.58. The lowest BCUT2D eigenvalue weighted by molar-refractivity contribution is -0.384. The van der Waals surface area contributed by atoms with Crippen LogP contribution in [0.1, 0.15) is 19.8 Å². The average molecular weight is 382 g/mol. The zero-order valence-corrected chi connectivity index (χ0v) is 15.6. The van der Waals surface area contributed by atoms with Gasteiger partial charge in [0.15, 0.2) is 0 Å². The van der Waals surface area contributed by atoms with E-state index in [-0.39, 0.29) is 28.3 Å². The van der Waals surface area contributed by atoms with Crippen LogP contribution < -0.4 is 15.5 Å². The van der Waals surface area contributed by atoms with Crippen LogP contribution in [0.2, 0.25) is 0 Å². The third-order valence-corrected chi connectivity index (χ3v) is 4.74. The number of nitro groups is 1. The SMILES string of the molecule is CC(=O)Nc1cccc(NC(=O)C2CCN(c3ccccc3[N+](=O)[O-])CC2)c1. The first-order valence-corrected chi connectivity index (χ1v) is 9.11. The second kappa shape index (κ2) is 8.51. The number of nitrogens with one attached hydrogen (secondary N) is 2. The number of anilines is 3. The van der Waals surface area contributed by atoms with Gasteiger partial charge in [0, 0.05) is 43.4 Å². The molecule has 0 aromatic heterocycles. The zero-order chi connectivity index (χ0) is 20.1. The van der Waals surface area contributed by atoms with Crippen molar-refractivity contribution in [3.63, 3.8) is 0 Å². The molecule has 8 nitrogen and oxygen atoms in total. The summed E-state index contributed by atoms with van der Waals surface area (Å²) >= 11 is 0. The lowest BCUT2D eigenvalue weighted by Crippen LogP contribution is -2.38. The number of amides is 2. The highest BCUT2D eigenvalue weighted by atomic mass is 16.6. The molecule has 0 saturated carbocycles. The Hall–Kier alpha value is -3.42. The van der Waals surface area contributed by atoms with Gasteiger partial charge in [-0.15, -0.1) is 0 Å². The molecule has 146 valence electrons. The molecule has 1 saturated heterocycles. The van der Waals surface area contributed by atoms with Crippen LogP contribution in [0.25, 0.3) is 0 Å². The van der Waals surface area contributed by atoms with Crippen molar-refractivity contribution in [1.82, 2.24) is 0 Å². The molecule has 1 fully saturated rings. The summed E-state index contributed by atoms with van der Waals surface area (Å²) < 4.78 is 0. The van der Waals surface area contributed by atoms with Crippen molar-refractivity contribution in [2.45, 2.75) is 19.8 Å². The summed E-state index contributed by atoms with van der Waals surface area (Å²) in [6, 6.07) is 13.7.